The van der Waals surface area contributed by atoms with Crippen LogP contribution in [0.15, 0.2) is 16.6 Å². The second kappa shape index (κ2) is 6.29. The number of rotatable bonds is 3. The maximum atomic E-state index is 6.19. The van der Waals surface area contributed by atoms with Crippen molar-refractivity contribution < 1.29 is 0 Å². The maximum Gasteiger partial charge on any atom is 0.0501 e. The number of hydrogen-bond acceptors (Lipinski definition) is 1. The van der Waals surface area contributed by atoms with E-state index in [0.29, 0.717) is 6.04 Å². The van der Waals surface area contributed by atoms with Gasteiger partial charge < -0.3 is 5.32 Å². The van der Waals surface area contributed by atoms with Crippen LogP contribution in [0.1, 0.15) is 44.6 Å². The molecule has 0 amide bonds. The van der Waals surface area contributed by atoms with Crippen LogP contribution in [0.5, 0.6) is 0 Å². The number of benzene rings is 1. The molecule has 1 aliphatic rings. The molecule has 1 fully saturated rings. The van der Waals surface area contributed by atoms with Gasteiger partial charge in [0.1, 0.15) is 0 Å². The predicted octanol–water partition coefficient (Wildman–Crippen LogP) is 5.79. The van der Waals surface area contributed by atoms with Gasteiger partial charge in [-0.3, -0.25) is 0 Å². The monoisotopic (exact) mass is 329 g/mol. The molecule has 1 aromatic rings. The second-order valence-electron chi connectivity index (χ2n) is 5.41. The summed E-state index contributed by atoms with van der Waals surface area (Å²) in [6.45, 7) is 4.32. The summed E-state index contributed by atoms with van der Waals surface area (Å²) < 4.78 is 1.10. The van der Waals surface area contributed by atoms with Crippen LogP contribution in [0.3, 0.4) is 0 Å². The molecule has 1 unspecified atom stereocenters. The van der Waals surface area contributed by atoms with Gasteiger partial charge in [0.25, 0.3) is 0 Å². The molecule has 1 nitrogen and oxygen atoms in total. The smallest absolute Gasteiger partial charge is 0.0501 e. The Morgan fingerprint density at radius 3 is 2.61 bits per heavy atom. The number of hydrogen-bond donors (Lipinski definition) is 1. The van der Waals surface area contributed by atoms with Crippen molar-refractivity contribution in [1.29, 1.82) is 0 Å². The van der Waals surface area contributed by atoms with E-state index in [2.05, 4.69) is 34.2 Å². The first-order valence-corrected chi connectivity index (χ1v) is 7.97. The van der Waals surface area contributed by atoms with Crippen molar-refractivity contribution in [2.24, 2.45) is 5.92 Å². The predicted molar refractivity (Wildman–Crippen MR) is 83.5 cm³/mol. The van der Waals surface area contributed by atoms with Crippen LogP contribution < -0.4 is 5.32 Å². The number of nitrogens with one attached hydrogen (secondary N) is 1. The maximum absolute atomic E-state index is 6.19. The minimum absolute atomic E-state index is 0.514. The van der Waals surface area contributed by atoms with Crippen molar-refractivity contribution in [3.05, 3.63) is 27.2 Å². The van der Waals surface area contributed by atoms with Gasteiger partial charge in [-0.2, -0.15) is 0 Å². The first-order chi connectivity index (χ1) is 8.58. The molecule has 0 heterocycles. The Morgan fingerprint density at radius 2 is 1.94 bits per heavy atom. The van der Waals surface area contributed by atoms with E-state index in [1.165, 1.54) is 32.1 Å². The standard InChI is InChI=1S/C15H21BrClN/c1-10-8-13(16)15(9-14(10)17)18-11(2)12-6-4-3-5-7-12/h8-9,11-12,18H,3-7H2,1-2H3. The van der Waals surface area contributed by atoms with Crippen LogP contribution in [0.2, 0.25) is 5.02 Å². The summed E-state index contributed by atoms with van der Waals surface area (Å²) in [5.41, 5.74) is 2.23. The molecule has 0 bridgehead atoms. The fourth-order valence-corrected chi connectivity index (χ4v) is 3.49. The average molecular weight is 331 g/mol. The summed E-state index contributed by atoms with van der Waals surface area (Å²) in [6, 6.07) is 4.62. The Balaban J connectivity index is 2.06. The van der Waals surface area contributed by atoms with Crippen molar-refractivity contribution in [3.63, 3.8) is 0 Å². The molecule has 1 N–H and O–H groups in total. The zero-order chi connectivity index (χ0) is 13.1. The lowest BCUT2D eigenvalue weighted by Gasteiger charge is -2.29. The second-order valence-corrected chi connectivity index (χ2v) is 6.67. The van der Waals surface area contributed by atoms with Gasteiger partial charge in [-0.15, -0.1) is 0 Å². The van der Waals surface area contributed by atoms with Crippen LogP contribution in [-0.2, 0) is 0 Å². The summed E-state index contributed by atoms with van der Waals surface area (Å²) in [4.78, 5) is 0. The largest absolute Gasteiger partial charge is 0.381 e. The fourth-order valence-electron chi connectivity index (χ4n) is 2.75. The molecule has 0 aliphatic heterocycles. The van der Waals surface area contributed by atoms with Gasteiger partial charge in [0.15, 0.2) is 0 Å². The van der Waals surface area contributed by atoms with Gasteiger partial charge in [0.2, 0.25) is 0 Å². The van der Waals surface area contributed by atoms with E-state index >= 15 is 0 Å². The molecule has 1 aromatic carbocycles. The third kappa shape index (κ3) is 3.42. The Kier molecular flexibility index (Phi) is 4.97. The molecule has 0 radical (unpaired) electrons. The number of halogens is 2. The van der Waals surface area contributed by atoms with E-state index in [1.54, 1.807) is 0 Å². The van der Waals surface area contributed by atoms with Crippen molar-refractivity contribution in [2.45, 2.75) is 52.0 Å². The quantitative estimate of drug-likeness (QED) is 0.739. The molecular weight excluding hydrogens is 310 g/mol. The highest BCUT2D eigenvalue weighted by Crippen LogP contribution is 2.32. The first-order valence-electron chi connectivity index (χ1n) is 6.80. The molecule has 1 aliphatic carbocycles. The molecule has 1 saturated carbocycles. The molecular formula is C15H21BrClN. The highest BCUT2D eigenvalue weighted by atomic mass is 79.9. The number of aryl methyl sites for hydroxylation is 1. The summed E-state index contributed by atoms with van der Waals surface area (Å²) >= 11 is 9.81. The van der Waals surface area contributed by atoms with Crippen LogP contribution in [0.25, 0.3) is 0 Å². The van der Waals surface area contributed by atoms with Gasteiger partial charge in [-0.25, -0.2) is 0 Å². The van der Waals surface area contributed by atoms with Crippen molar-refractivity contribution in [2.75, 3.05) is 5.32 Å². The minimum Gasteiger partial charge on any atom is -0.381 e. The van der Waals surface area contributed by atoms with Crippen LogP contribution in [0, 0.1) is 12.8 Å². The van der Waals surface area contributed by atoms with Gasteiger partial charge in [0, 0.05) is 15.5 Å². The van der Waals surface area contributed by atoms with Crippen LogP contribution in [0.4, 0.5) is 5.69 Å². The third-order valence-electron chi connectivity index (χ3n) is 3.99. The zero-order valence-electron chi connectivity index (χ0n) is 11.1. The summed E-state index contributed by atoms with van der Waals surface area (Å²) in [6.07, 6.45) is 6.87. The molecule has 0 aromatic heterocycles. The topological polar surface area (TPSA) is 12.0 Å². The third-order valence-corrected chi connectivity index (χ3v) is 5.05. The molecule has 18 heavy (non-hydrogen) atoms. The molecule has 100 valence electrons. The summed E-state index contributed by atoms with van der Waals surface area (Å²) in [5, 5.41) is 4.45. The number of anilines is 1. The van der Waals surface area contributed by atoms with Crippen molar-refractivity contribution in [1.82, 2.24) is 0 Å². The Labute approximate surface area is 123 Å². The van der Waals surface area contributed by atoms with Crippen molar-refractivity contribution >= 4 is 33.2 Å². The lowest BCUT2D eigenvalue weighted by atomic mass is 9.84. The molecule has 1 atom stereocenters. The van der Waals surface area contributed by atoms with E-state index in [1.807, 2.05) is 13.0 Å². The molecule has 0 spiro atoms. The highest BCUT2D eigenvalue weighted by molar-refractivity contribution is 9.10. The lowest BCUT2D eigenvalue weighted by molar-refractivity contribution is 0.328. The Morgan fingerprint density at radius 1 is 1.28 bits per heavy atom. The average Bonchev–Trinajstić information content (AvgIpc) is 2.37. The van der Waals surface area contributed by atoms with E-state index in [4.69, 9.17) is 11.6 Å². The lowest BCUT2D eigenvalue weighted by Crippen LogP contribution is -2.27. The van der Waals surface area contributed by atoms with Gasteiger partial charge in [-0.1, -0.05) is 30.9 Å². The SMILES string of the molecule is Cc1cc(Br)c(NC(C)C2CCCCC2)cc1Cl. The van der Waals surface area contributed by atoms with E-state index in [-0.39, 0.29) is 0 Å². The van der Waals surface area contributed by atoms with Gasteiger partial charge >= 0.3 is 0 Å². The minimum atomic E-state index is 0.514. The molecule has 2 rings (SSSR count). The molecule has 0 saturated heterocycles. The molecule has 3 heteroatoms. The van der Waals surface area contributed by atoms with Gasteiger partial charge in [-0.05, 0) is 66.2 Å². The highest BCUT2D eigenvalue weighted by Gasteiger charge is 2.20. The van der Waals surface area contributed by atoms with E-state index in [0.717, 1.165) is 26.7 Å². The normalized spacial score (nSPS) is 18.7. The van der Waals surface area contributed by atoms with Crippen molar-refractivity contribution in [3.8, 4) is 0 Å². The zero-order valence-corrected chi connectivity index (χ0v) is 13.4. The fraction of sp³-hybridized carbons (Fsp3) is 0.600. The first kappa shape index (κ1) is 14.2. The van der Waals surface area contributed by atoms with Crippen LogP contribution in [-0.4, -0.2) is 6.04 Å². The van der Waals surface area contributed by atoms with Crippen LogP contribution >= 0.6 is 27.5 Å². The summed E-state index contributed by atoms with van der Waals surface area (Å²) in [7, 11) is 0. The Bertz CT molecular complexity index is 413. The Hall–Kier alpha value is -0.210. The van der Waals surface area contributed by atoms with Gasteiger partial charge in [0.05, 0.1) is 5.69 Å². The summed E-state index contributed by atoms with van der Waals surface area (Å²) in [5.74, 6) is 0.797. The van der Waals surface area contributed by atoms with E-state index in [9.17, 15) is 0 Å². The van der Waals surface area contributed by atoms with E-state index < -0.39 is 0 Å².